The summed E-state index contributed by atoms with van der Waals surface area (Å²) in [6, 6.07) is 51.5. The molecule has 7 rings (SSSR count). The zero-order chi connectivity index (χ0) is 39.8. The van der Waals surface area contributed by atoms with Gasteiger partial charge in [-0.3, -0.25) is 0 Å². The maximum absolute atomic E-state index is 10.1. The van der Waals surface area contributed by atoms with Crippen LogP contribution in [0.5, 0.6) is 0 Å². The number of fused-ring (bicyclic) bond motifs is 1. The molecule has 0 aromatic heterocycles. The number of halogens is 1. The molecule has 0 radical (unpaired) electrons. The first-order chi connectivity index (χ1) is 27.6. The maximum atomic E-state index is 10.1. The highest BCUT2D eigenvalue weighted by atomic mass is 79.9. The zero-order valence-corrected chi connectivity index (χ0v) is 36.1. The Morgan fingerprint density at radius 2 is 1.30 bits per heavy atom. The van der Waals surface area contributed by atoms with Gasteiger partial charge in [-0.2, -0.15) is 0 Å². The van der Waals surface area contributed by atoms with Crippen molar-refractivity contribution in [2.45, 2.75) is 80.6 Å². The first kappa shape index (κ1) is 41.0. The van der Waals surface area contributed by atoms with Crippen molar-refractivity contribution in [1.82, 2.24) is 0 Å². The molecule has 1 aliphatic rings. The Hall–Kier alpha value is -4.22. The molecule has 0 amide bonds. The largest absolute Gasteiger partial charge is 0.405 e. The third-order valence-electron chi connectivity index (χ3n) is 10.6. The molecular weight excluding hydrogens is 811 g/mol. The Morgan fingerprint density at radius 1 is 0.719 bits per heavy atom. The van der Waals surface area contributed by atoms with Gasteiger partial charge in [0.1, 0.15) is 23.7 Å². The highest BCUT2D eigenvalue weighted by Crippen LogP contribution is 2.41. The minimum absolute atomic E-state index is 0.224. The Bertz CT molecular complexity index is 2230. The summed E-state index contributed by atoms with van der Waals surface area (Å²) in [7, 11) is -2.98. The predicted molar refractivity (Wildman–Crippen MR) is 237 cm³/mol. The fourth-order valence-electron chi connectivity index (χ4n) is 7.71. The van der Waals surface area contributed by atoms with Crippen molar-refractivity contribution >= 4 is 57.2 Å². The summed E-state index contributed by atoms with van der Waals surface area (Å²) in [5, 5.41) is 8.79. The van der Waals surface area contributed by atoms with Gasteiger partial charge in [0.15, 0.2) is 0 Å². The quantitative estimate of drug-likeness (QED) is 0.0471. The Labute approximate surface area is 349 Å². The van der Waals surface area contributed by atoms with Crippen molar-refractivity contribution in [2.24, 2.45) is 5.11 Å². The normalized spacial score (nSPS) is 19.9. The van der Waals surface area contributed by atoms with E-state index in [1.165, 1.54) is 22.1 Å². The third kappa shape index (κ3) is 9.57. The fourth-order valence-corrected chi connectivity index (χ4v) is 13.7. The molecular formula is C47H48BrN3O4SSi. The lowest BCUT2D eigenvalue weighted by molar-refractivity contribution is -0.205. The highest BCUT2D eigenvalue weighted by Gasteiger charge is 2.53. The number of aryl methyl sites for hydroxylation is 1. The molecule has 1 fully saturated rings. The van der Waals surface area contributed by atoms with Crippen LogP contribution in [0.2, 0.25) is 5.04 Å². The van der Waals surface area contributed by atoms with Gasteiger partial charge in [0.05, 0.1) is 25.9 Å². The van der Waals surface area contributed by atoms with Crippen LogP contribution in [0, 0.1) is 6.92 Å². The van der Waals surface area contributed by atoms with Crippen LogP contribution in [0.1, 0.15) is 37.5 Å². The van der Waals surface area contributed by atoms with Crippen LogP contribution in [-0.2, 0) is 31.9 Å². The summed E-state index contributed by atoms with van der Waals surface area (Å²) in [4.78, 5) is 4.35. The van der Waals surface area contributed by atoms with E-state index >= 15 is 0 Å². The smallest absolute Gasteiger partial charge is 0.261 e. The highest BCUT2D eigenvalue weighted by molar-refractivity contribution is 9.10. The van der Waals surface area contributed by atoms with Crippen LogP contribution in [-0.4, -0.2) is 44.7 Å². The maximum Gasteiger partial charge on any atom is 0.261 e. The van der Waals surface area contributed by atoms with Gasteiger partial charge >= 0.3 is 0 Å². The van der Waals surface area contributed by atoms with Crippen LogP contribution in [0.4, 0.5) is 0 Å². The average molecular weight is 859 g/mol. The van der Waals surface area contributed by atoms with Crippen LogP contribution < -0.4 is 10.4 Å². The van der Waals surface area contributed by atoms with E-state index in [1.807, 2.05) is 48.5 Å². The van der Waals surface area contributed by atoms with Crippen molar-refractivity contribution in [3.05, 3.63) is 183 Å². The molecule has 57 heavy (non-hydrogen) atoms. The molecule has 0 aliphatic carbocycles. The monoisotopic (exact) mass is 857 g/mol. The van der Waals surface area contributed by atoms with Crippen molar-refractivity contribution in [1.29, 1.82) is 0 Å². The lowest BCUT2D eigenvalue weighted by Gasteiger charge is -2.47. The summed E-state index contributed by atoms with van der Waals surface area (Å²) in [6.07, 6.45) is -1.92. The van der Waals surface area contributed by atoms with Crippen molar-refractivity contribution < 1.29 is 18.6 Å². The van der Waals surface area contributed by atoms with E-state index in [0.717, 1.165) is 36.8 Å². The van der Waals surface area contributed by atoms with Crippen LogP contribution in [0.15, 0.2) is 166 Å². The van der Waals surface area contributed by atoms with E-state index in [0.29, 0.717) is 6.61 Å². The topological polar surface area (TPSA) is 85.7 Å². The van der Waals surface area contributed by atoms with Gasteiger partial charge in [0, 0.05) is 14.3 Å². The number of hydrogen-bond acceptors (Lipinski definition) is 6. The second-order valence-electron chi connectivity index (χ2n) is 15.5. The molecule has 1 aliphatic heterocycles. The van der Waals surface area contributed by atoms with E-state index in [9.17, 15) is 5.53 Å². The van der Waals surface area contributed by atoms with Gasteiger partial charge in [-0.05, 0) is 80.1 Å². The Morgan fingerprint density at radius 3 is 1.93 bits per heavy atom. The zero-order valence-electron chi connectivity index (χ0n) is 32.7. The summed E-state index contributed by atoms with van der Waals surface area (Å²) < 4.78 is 29.5. The molecule has 0 saturated carbocycles. The SMILES string of the molecule is Cc1ccc(S[C@H]2O[C@H](CO[Si](c3ccccc3)(c3ccccc3)C(C)(C)C)[C@@H](OCc3ccc4ccccc4c3)[C@H](OCc3ccc(Br)cc3)[C@H]2N=[N+]=[N-])cc1. The first-order valence-corrected chi connectivity index (χ1v) is 22.9. The minimum atomic E-state index is -2.98. The van der Waals surface area contributed by atoms with Gasteiger partial charge in [-0.15, -0.1) is 0 Å². The molecule has 0 bridgehead atoms. The number of azide groups is 1. The summed E-state index contributed by atoms with van der Waals surface area (Å²) >= 11 is 5.09. The van der Waals surface area contributed by atoms with Crippen LogP contribution in [0.3, 0.4) is 0 Å². The molecule has 0 unspecified atom stereocenters. The third-order valence-corrected chi connectivity index (χ3v) is 17.3. The van der Waals surface area contributed by atoms with E-state index in [4.69, 9.17) is 18.6 Å². The lowest BCUT2D eigenvalue weighted by Crippen LogP contribution is -2.68. The molecule has 0 spiro atoms. The second kappa shape index (κ2) is 18.6. The summed E-state index contributed by atoms with van der Waals surface area (Å²) in [5.74, 6) is 0. The van der Waals surface area contributed by atoms with Crippen molar-refractivity contribution in [3.63, 3.8) is 0 Å². The summed E-state index contributed by atoms with van der Waals surface area (Å²) in [5.41, 5.74) is 12.6. The van der Waals surface area contributed by atoms with Gasteiger partial charge < -0.3 is 18.6 Å². The molecule has 6 aromatic carbocycles. The van der Waals surface area contributed by atoms with Crippen LogP contribution >= 0.6 is 27.7 Å². The van der Waals surface area contributed by atoms with E-state index in [2.05, 4.69) is 157 Å². The minimum Gasteiger partial charge on any atom is -0.405 e. The number of rotatable bonds is 14. The standard InChI is InChI=1S/C47H48BrN3O4SSi/c1-33-19-27-39(28-20-33)56-46-43(50-51-49)45(53-30-34-22-25-38(48)26-23-34)44(52-31-35-21-24-36-13-11-12-14-37(36)29-35)42(55-46)32-54-57(47(2,3)4,40-15-7-5-8-16-40)41-17-9-6-10-18-41/h5-29,42-46H,30-32H2,1-4H3/t42-,43-,44-,45-,46-/m1/s1. The van der Waals surface area contributed by atoms with Gasteiger partial charge in [0.25, 0.3) is 8.32 Å². The summed E-state index contributed by atoms with van der Waals surface area (Å²) in [6.45, 7) is 9.68. The molecule has 6 aromatic rings. The van der Waals surface area contributed by atoms with Gasteiger partial charge in [-0.1, -0.05) is 180 Å². The van der Waals surface area contributed by atoms with E-state index in [1.54, 1.807) is 0 Å². The average Bonchev–Trinajstić information content (AvgIpc) is 3.22. The number of ether oxygens (including phenoxy) is 3. The fraction of sp³-hybridized carbons (Fsp3) is 0.277. The second-order valence-corrected chi connectivity index (χ2v) is 21.9. The molecule has 5 atom stereocenters. The Kier molecular flexibility index (Phi) is 13.3. The van der Waals surface area contributed by atoms with Crippen molar-refractivity contribution in [2.75, 3.05) is 6.61 Å². The van der Waals surface area contributed by atoms with Crippen LogP contribution in [0.25, 0.3) is 21.2 Å². The molecule has 1 heterocycles. The lowest BCUT2D eigenvalue weighted by atomic mass is 9.97. The van der Waals surface area contributed by atoms with E-state index < -0.39 is 38.1 Å². The van der Waals surface area contributed by atoms with Gasteiger partial charge in [0.2, 0.25) is 0 Å². The van der Waals surface area contributed by atoms with E-state index in [-0.39, 0.29) is 18.3 Å². The Balaban J connectivity index is 1.31. The first-order valence-electron chi connectivity index (χ1n) is 19.3. The van der Waals surface area contributed by atoms with Gasteiger partial charge in [-0.25, -0.2) is 0 Å². The predicted octanol–water partition coefficient (Wildman–Crippen LogP) is 11.2. The number of benzene rings is 6. The molecule has 10 heteroatoms. The number of hydrogen-bond donors (Lipinski definition) is 0. The number of thioether (sulfide) groups is 1. The van der Waals surface area contributed by atoms with Crippen molar-refractivity contribution in [3.8, 4) is 0 Å². The molecule has 7 nitrogen and oxygen atoms in total. The molecule has 0 N–H and O–H groups in total. The molecule has 292 valence electrons. The molecule has 1 saturated heterocycles. The number of nitrogens with zero attached hydrogens (tertiary/aromatic N) is 3.